The molecule has 7 nitrogen and oxygen atoms in total. The SMILES string of the molecule is COC(=O)c1ccc(OC)c(NCC(=N)Oc2ccccc2OC)c1. The summed E-state index contributed by atoms with van der Waals surface area (Å²) in [6.45, 7) is 0.0963. The van der Waals surface area contributed by atoms with Crippen molar-refractivity contribution in [2.75, 3.05) is 33.2 Å². The van der Waals surface area contributed by atoms with Gasteiger partial charge in [-0.3, -0.25) is 5.41 Å². The summed E-state index contributed by atoms with van der Waals surface area (Å²) in [6, 6.07) is 11.9. The van der Waals surface area contributed by atoms with Gasteiger partial charge in [0.15, 0.2) is 11.5 Å². The van der Waals surface area contributed by atoms with E-state index in [1.54, 1.807) is 36.4 Å². The summed E-state index contributed by atoms with van der Waals surface area (Å²) in [5.74, 6) is 1.06. The number of carbonyl (C=O) groups is 1. The minimum absolute atomic E-state index is 0.0185. The molecule has 0 radical (unpaired) electrons. The third kappa shape index (κ3) is 4.63. The Balaban J connectivity index is 2.07. The Kier molecular flexibility index (Phi) is 6.22. The van der Waals surface area contributed by atoms with Crippen LogP contribution in [0.4, 0.5) is 5.69 Å². The first-order valence-electron chi connectivity index (χ1n) is 7.47. The van der Waals surface area contributed by atoms with E-state index in [1.165, 1.54) is 21.3 Å². The third-order valence-electron chi connectivity index (χ3n) is 3.36. The van der Waals surface area contributed by atoms with Crippen LogP contribution in [0.25, 0.3) is 0 Å². The number of methoxy groups -OCH3 is 3. The molecule has 0 fully saturated rings. The van der Waals surface area contributed by atoms with Crippen LogP contribution in [-0.2, 0) is 4.74 Å². The largest absolute Gasteiger partial charge is 0.495 e. The molecule has 0 bridgehead atoms. The molecular weight excluding hydrogens is 324 g/mol. The number of esters is 1. The lowest BCUT2D eigenvalue weighted by molar-refractivity contribution is 0.0601. The lowest BCUT2D eigenvalue weighted by atomic mass is 10.2. The van der Waals surface area contributed by atoms with Crippen LogP contribution in [0.3, 0.4) is 0 Å². The summed E-state index contributed by atoms with van der Waals surface area (Å²) in [5, 5.41) is 11.0. The van der Waals surface area contributed by atoms with E-state index in [4.69, 9.17) is 24.4 Å². The number of nitrogens with one attached hydrogen (secondary N) is 2. The Morgan fingerprint density at radius 2 is 1.68 bits per heavy atom. The molecule has 0 heterocycles. The Hall–Kier alpha value is -3.22. The van der Waals surface area contributed by atoms with Gasteiger partial charge in [-0.2, -0.15) is 0 Å². The highest BCUT2D eigenvalue weighted by Crippen LogP contribution is 2.27. The number of hydrogen-bond donors (Lipinski definition) is 2. The Labute approximate surface area is 146 Å². The number of anilines is 1. The average Bonchev–Trinajstić information content (AvgIpc) is 2.65. The summed E-state index contributed by atoms with van der Waals surface area (Å²) in [5.41, 5.74) is 0.932. The molecule has 0 unspecified atom stereocenters. The van der Waals surface area contributed by atoms with E-state index in [2.05, 4.69) is 5.32 Å². The van der Waals surface area contributed by atoms with Crippen LogP contribution in [0.1, 0.15) is 10.4 Å². The Morgan fingerprint density at radius 3 is 2.32 bits per heavy atom. The molecular formula is C18H20N2O5. The van der Waals surface area contributed by atoms with Gasteiger partial charge in [0, 0.05) is 0 Å². The van der Waals surface area contributed by atoms with Gasteiger partial charge in [0.25, 0.3) is 0 Å². The van der Waals surface area contributed by atoms with Gasteiger partial charge in [-0.05, 0) is 30.3 Å². The number of hydrogen-bond acceptors (Lipinski definition) is 7. The van der Waals surface area contributed by atoms with Crippen molar-refractivity contribution in [1.29, 1.82) is 5.41 Å². The molecule has 2 N–H and O–H groups in total. The van der Waals surface area contributed by atoms with Gasteiger partial charge in [0.1, 0.15) is 5.75 Å². The maximum Gasteiger partial charge on any atom is 0.337 e. The van der Waals surface area contributed by atoms with Crippen LogP contribution >= 0.6 is 0 Å². The van der Waals surface area contributed by atoms with Gasteiger partial charge in [0.05, 0.1) is 39.1 Å². The molecule has 25 heavy (non-hydrogen) atoms. The first kappa shape index (κ1) is 18.1. The molecule has 0 aromatic heterocycles. The first-order valence-corrected chi connectivity index (χ1v) is 7.47. The van der Waals surface area contributed by atoms with Crippen molar-refractivity contribution in [2.45, 2.75) is 0 Å². The molecule has 0 aliphatic rings. The van der Waals surface area contributed by atoms with Crippen molar-refractivity contribution in [1.82, 2.24) is 0 Å². The summed E-state index contributed by atoms with van der Waals surface area (Å²) in [6.07, 6.45) is 0. The molecule has 0 saturated carbocycles. The standard InChI is InChI=1S/C18H20N2O5/c1-22-14-9-8-12(18(21)24-3)10-13(14)20-11-17(19)25-16-7-5-4-6-15(16)23-2/h4-10,19-20H,11H2,1-3H3. The van der Waals surface area contributed by atoms with Gasteiger partial charge in [-0.1, -0.05) is 12.1 Å². The van der Waals surface area contributed by atoms with Crippen LogP contribution in [-0.4, -0.2) is 39.7 Å². The number of ether oxygens (including phenoxy) is 4. The molecule has 7 heteroatoms. The van der Waals surface area contributed by atoms with Crippen molar-refractivity contribution in [3.63, 3.8) is 0 Å². The van der Waals surface area contributed by atoms with Crippen molar-refractivity contribution in [2.24, 2.45) is 0 Å². The fraction of sp³-hybridized carbons (Fsp3) is 0.222. The van der Waals surface area contributed by atoms with E-state index in [1.807, 2.05) is 6.07 Å². The molecule has 132 valence electrons. The monoisotopic (exact) mass is 344 g/mol. The second-order valence-electron chi connectivity index (χ2n) is 4.94. The molecule has 0 aliphatic carbocycles. The molecule has 0 atom stereocenters. The summed E-state index contributed by atoms with van der Waals surface area (Å²) >= 11 is 0. The zero-order valence-electron chi connectivity index (χ0n) is 14.3. The molecule has 0 spiro atoms. The zero-order chi connectivity index (χ0) is 18.2. The first-order chi connectivity index (χ1) is 12.1. The van der Waals surface area contributed by atoms with E-state index in [-0.39, 0.29) is 12.4 Å². The van der Waals surface area contributed by atoms with Crippen molar-refractivity contribution in [3.05, 3.63) is 48.0 Å². The van der Waals surface area contributed by atoms with E-state index in [9.17, 15) is 4.79 Å². The minimum Gasteiger partial charge on any atom is -0.495 e. The summed E-state index contributed by atoms with van der Waals surface area (Å²) < 4.78 is 20.6. The predicted molar refractivity (Wildman–Crippen MR) is 94.2 cm³/mol. The number of carbonyl (C=O) groups excluding carboxylic acids is 1. The van der Waals surface area contributed by atoms with Gasteiger partial charge in [-0.25, -0.2) is 4.79 Å². The molecule has 0 amide bonds. The van der Waals surface area contributed by atoms with Gasteiger partial charge < -0.3 is 24.3 Å². The van der Waals surface area contributed by atoms with Gasteiger partial charge in [0.2, 0.25) is 5.90 Å². The molecule has 0 saturated heterocycles. The quantitative estimate of drug-likeness (QED) is 0.456. The smallest absolute Gasteiger partial charge is 0.337 e. The highest BCUT2D eigenvalue weighted by molar-refractivity contribution is 5.91. The maximum atomic E-state index is 11.6. The number of benzene rings is 2. The van der Waals surface area contributed by atoms with Gasteiger partial charge >= 0.3 is 5.97 Å². The van der Waals surface area contributed by atoms with Crippen LogP contribution in [0.2, 0.25) is 0 Å². The highest BCUT2D eigenvalue weighted by Gasteiger charge is 2.12. The van der Waals surface area contributed by atoms with Gasteiger partial charge in [-0.15, -0.1) is 0 Å². The Bertz CT molecular complexity index is 761. The van der Waals surface area contributed by atoms with Crippen molar-refractivity contribution >= 4 is 17.6 Å². The third-order valence-corrected chi connectivity index (χ3v) is 3.36. The summed E-state index contributed by atoms with van der Waals surface area (Å²) in [4.78, 5) is 11.6. The molecule has 0 aliphatic heterocycles. The van der Waals surface area contributed by atoms with E-state index in [0.717, 1.165) is 0 Å². The fourth-order valence-corrected chi connectivity index (χ4v) is 2.14. The highest BCUT2D eigenvalue weighted by atomic mass is 16.5. The maximum absolute atomic E-state index is 11.6. The molecule has 2 rings (SSSR count). The second kappa shape index (κ2) is 8.58. The van der Waals surface area contributed by atoms with Crippen LogP contribution in [0.5, 0.6) is 17.2 Å². The summed E-state index contributed by atoms with van der Waals surface area (Å²) in [7, 11) is 4.37. The van der Waals surface area contributed by atoms with Crippen molar-refractivity contribution < 1.29 is 23.7 Å². The number of rotatable bonds is 7. The van der Waals surface area contributed by atoms with E-state index >= 15 is 0 Å². The second-order valence-corrected chi connectivity index (χ2v) is 4.94. The van der Waals surface area contributed by atoms with Crippen molar-refractivity contribution in [3.8, 4) is 17.2 Å². The fourth-order valence-electron chi connectivity index (χ4n) is 2.14. The van der Waals surface area contributed by atoms with E-state index in [0.29, 0.717) is 28.5 Å². The lowest BCUT2D eigenvalue weighted by Crippen LogP contribution is -2.19. The lowest BCUT2D eigenvalue weighted by Gasteiger charge is -2.14. The molecule has 2 aromatic carbocycles. The van der Waals surface area contributed by atoms with Crippen LogP contribution in [0, 0.1) is 5.41 Å². The number of para-hydroxylation sites is 2. The predicted octanol–water partition coefficient (Wildman–Crippen LogP) is 2.96. The average molecular weight is 344 g/mol. The van der Waals surface area contributed by atoms with Crippen LogP contribution in [0.15, 0.2) is 42.5 Å². The van der Waals surface area contributed by atoms with Crippen LogP contribution < -0.4 is 19.5 Å². The van der Waals surface area contributed by atoms with E-state index < -0.39 is 5.97 Å². The topological polar surface area (TPSA) is 89.9 Å². The minimum atomic E-state index is -0.453. The normalized spacial score (nSPS) is 9.88. The molecule has 2 aromatic rings. The Morgan fingerprint density at radius 1 is 1.00 bits per heavy atom. The zero-order valence-corrected chi connectivity index (χ0v) is 14.3.